The predicted octanol–water partition coefficient (Wildman–Crippen LogP) is 7.17. The minimum atomic E-state index is -0.0449. The van der Waals surface area contributed by atoms with Gasteiger partial charge in [0.15, 0.2) is 34.5 Å². The van der Waals surface area contributed by atoms with Crippen molar-refractivity contribution in [3.8, 4) is 51.7 Å². The molecule has 4 aromatic carbocycles. The molecule has 8 rings (SSSR count). The Bertz CT molecular complexity index is 1820. The molecule has 0 amide bonds. The Morgan fingerprint density at radius 1 is 0.562 bits per heavy atom. The summed E-state index contributed by atoms with van der Waals surface area (Å²) in [5, 5.41) is 0. The lowest BCUT2D eigenvalue weighted by molar-refractivity contribution is 0.215. The molecule has 2 atom stereocenters. The van der Waals surface area contributed by atoms with Gasteiger partial charge < -0.3 is 33.2 Å². The second-order valence-corrected chi connectivity index (χ2v) is 12.8. The van der Waals surface area contributed by atoms with Gasteiger partial charge in [0, 0.05) is 36.3 Å². The lowest BCUT2D eigenvalue weighted by atomic mass is 9.86. The summed E-state index contributed by atoms with van der Waals surface area (Å²) in [6.07, 6.45) is 3.17. The van der Waals surface area contributed by atoms with Gasteiger partial charge in [-0.25, -0.2) is 0 Å². The molecule has 4 heterocycles. The van der Waals surface area contributed by atoms with Crippen molar-refractivity contribution in [1.82, 2.24) is 9.80 Å². The molecule has 48 heavy (non-hydrogen) atoms. The van der Waals surface area contributed by atoms with E-state index < -0.39 is 0 Å². The fraction of sp³-hybridized carbons (Fsp3) is 0.385. The van der Waals surface area contributed by atoms with Crippen LogP contribution in [0.25, 0.3) is 0 Å². The third-order valence-electron chi connectivity index (χ3n) is 10.1. The van der Waals surface area contributed by atoms with Crippen LogP contribution in [-0.2, 0) is 25.7 Å². The molecular formula is C39H44N2O7. The first-order chi connectivity index (χ1) is 23.4. The van der Waals surface area contributed by atoms with E-state index in [1.807, 2.05) is 18.2 Å². The highest BCUT2D eigenvalue weighted by Crippen LogP contribution is 2.55. The van der Waals surface area contributed by atoms with E-state index in [0.29, 0.717) is 52.4 Å². The fourth-order valence-corrected chi connectivity index (χ4v) is 7.56. The van der Waals surface area contributed by atoms with Gasteiger partial charge in [-0.2, -0.15) is 0 Å². The van der Waals surface area contributed by atoms with E-state index >= 15 is 0 Å². The van der Waals surface area contributed by atoms with Crippen LogP contribution in [-0.4, -0.2) is 72.5 Å². The number of fused-ring (bicyclic) bond motifs is 2. The van der Waals surface area contributed by atoms with Gasteiger partial charge in [0.05, 0.1) is 35.5 Å². The molecule has 2 unspecified atom stereocenters. The van der Waals surface area contributed by atoms with Gasteiger partial charge in [0.25, 0.3) is 0 Å². The SMILES string of the molecule is COc1ccc2cc1Oc1ccc(cc1)CC1c3c(cc(OC)c(c3OC)Oc3c(OC)c(OC)cc4c3C(C2)N(C)CC4)CCN1C. The summed E-state index contributed by atoms with van der Waals surface area (Å²) in [5.74, 6) is 5.66. The second-order valence-electron chi connectivity index (χ2n) is 12.8. The van der Waals surface area contributed by atoms with E-state index in [1.165, 1.54) is 11.1 Å². The number of methoxy groups -OCH3 is 5. The highest BCUT2D eigenvalue weighted by atomic mass is 16.6. The zero-order valence-electron chi connectivity index (χ0n) is 28.8. The number of likely N-dealkylation sites (N-methyl/N-ethyl adjacent to an activating group) is 2. The Hall–Kier alpha value is -4.60. The number of hydrogen-bond donors (Lipinski definition) is 0. The average Bonchev–Trinajstić information content (AvgIpc) is 3.10. The zero-order valence-corrected chi connectivity index (χ0v) is 28.8. The van der Waals surface area contributed by atoms with Crippen LogP contribution in [0.2, 0.25) is 0 Å². The molecule has 0 spiro atoms. The molecule has 9 heteroatoms. The topological polar surface area (TPSA) is 71.1 Å². The standard InChI is InChI=1S/C39H44N2O7/c1-40-16-14-25-22-33(44-5)37-38(46-7)34(25)28(40)18-23-8-11-27(12-9-23)47-31-20-24(10-13-30(31)42-3)19-29-35-26(15-17-41(29)2)21-32(43-4)36(45-6)39(35)48-37/h8-13,20-22,28-29H,14-19H2,1-7H3. The van der Waals surface area contributed by atoms with Gasteiger partial charge in [0.1, 0.15) is 5.75 Å². The molecule has 0 aliphatic carbocycles. The summed E-state index contributed by atoms with van der Waals surface area (Å²) in [6.45, 7) is 1.78. The summed E-state index contributed by atoms with van der Waals surface area (Å²) in [7, 11) is 12.7. The van der Waals surface area contributed by atoms with Crippen LogP contribution in [0, 0.1) is 0 Å². The minimum absolute atomic E-state index is 0.0411. The van der Waals surface area contributed by atoms with Crippen LogP contribution in [0.5, 0.6) is 51.7 Å². The predicted molar refractivity (Wildman–Crippen MR) is 184 cm³/mol. The van der Waals surface area contributed by atoms with Crippen LogP contribution >= 0.6 is 0 Å². The third-order valence-corrected chi connectivity index (χ3v) is 10.1. The molecular weight excluding hydrogens is 608 g/mol. The average molecular weight is 653 g/mol. The molecule has 0 radical (unpaired) electrons. The molecule has 9 nitrogen and oxygen atoms in total. The van der Waals surface area contributed by atoms with Crippen molar-refractivity contribution < 1.29 is 33.2 Å². The number of nitrogens with zero attached hydrogens (tertiary/aromatic N) is 2. The lowest BCUT2D eigenvalue weighted by Gasteiger charge is -2.38. The number of hydrogen-bond acceptors (Lipinski definition) is 9. The van der Waals surface area contributed by atoms with Crippen molar-refractivity contribution in [1.29, 1.82) is 0 Å². The monoisotopic (exact) mass is 652 g/mol. The third kappa shape index (κ3) is 5.54. The smallest absolute Gasteiger partial charge is 0.211 e. The molecule has 4 aromatic rings. The van der Waals surface area contributed by atoms with Gasteiger partial charge in [-0.1, -0.05) is 18.2 Å². The highest BCUT2D eigenvalue weighted by Gasteiger charge is 2.37. The van der Waals surface area contributed by atoms with Gasteiger partial charge in [-0.05, 0) is 98.4 Å². The van der Waals surface area contributed by atoms with Crippen molar-refractivity contribution >= 4 is 0 Å². The van der Waals surface area contributed by atoms with Crippen LogP contribution < -0.4 is 33.2 Å². The van der Waals surface area contributed by atoms with Crippen LogP contribution in [0.15, 0.2) is 54.6 Å². The maximum atomic E-state index is 7.13. The molecule has 252 valence electrons. The first-order valence-corrected chi connectivity index (χ1v) is 16.4. The highest BCUT2D eigenvalue weighted by molar-refractivity contribution is 5.67. The number of rotatable bonds is 5. The van der Waals surface area contributed by atoms with E-state index in [9.17, 15) is 0 Å². The molecule has 0 aromatic heterocycles. The summed E-state index contributed by atoms with van der Waals surface area (Å²) >= 11 is 0. The Morgan fingerprint density at radius 2 is 1.15 bits per heavy atom. The molecule has 0 N–H and O–H groups in total. The van der Waals surface area contributed by atoms with Gasteiger partial charge in [-0.15, -0.1) is 0 Å². The minimum Gasteiger partial charge on any atom is -0.493 e. The maximum absolute atomic E-state index is 7.13. The summed E-state index contributed by atoms with van der Waals surface area (Å²) in [4.78, 5) is 4.76. The summed E-state index contributed by atoms with van der Waals surface area (Å²) in [6, 6.07) is 18.7. The molecule has 0 fully saturated rings. The van der Waals surface area contributed by atoms with Crippen molar-refractivity contribution in [3.05, 3.63) is 88.0 Å². The maximum Gasteiger partial charge on any atom is 0.211 e. The number of benzene rings is 4. The Balaban J connectivity index is 1.51. The quantitative estimate of drug-likeness (QED) is 0.223. The van der Waals surface area contributed by atoms with E-state index in [0.717, 1.165) is 60.4 Å². The first-order valence-electron chi connectivity index (χ1n) is 16.4. The van der Waals surface area contributed by atoms with E-state index in [4.69, 9.17) is 33.2 Å². The zero-order chi connectivity index (χ0) is 33.5. The van der Waals surface area contributed by atoms with E-state index in [1.54, 1.807) is 35.5 Å². The van der Waals surface area contributed by atoms with Crippen LogP contribution in [0.3, 0.4) is 0 Å². The molecule has 0 saturated heterocycles. The second kappa shape index (κ2) is 13.1. The van der Waals surface area contributed by atoms with Crippen molar-refractivity contribution in [2.75, 3.05) is 62.7 Å². The van der Waals surface area contributed by atoms with Crippen LogP contribution in [0.4, 0.5) is 0 Å². The Labute approximate surface area is 282 Å². The molecule has 0 saturated carbocycles. The fourth-order valence-electron chi connectivity index (χ4n) is 7.56. The van der Waals surface area contributed by atoms with Crippen molar-refractivity contribution in [2.24, 2.45) is 0 Å². The Morgan fingerprint density at radius 3 is 1.79 bits per heavy atom. The number of ether oxygens (including phenoxy) is 7. The summed E-state index contributed by atoms with van der Waals surface area (Å²) < 4.78 is 43.6. The summed E-state index contributed by atoms with van der Waals surface area (Å²) in [5.41, 5.74) is 6.78. The van der Waals surface area contributed by atoms with E-state index in [-0.39, 0.29) is 12.1 Å². The van der Waals surface area contributed by atoms with Crippen LogP contribution in [0.1, 0.15) is 45.5 Å². The first kappa shape index (κ1) is 32.0. The lowest BCUT2D eigenvalue weighted by Crippen LogP contribution is -2.34. The van der Waals surface area contributed by atoms with E-state index in [2.05, 4.69) is 60.3 Å². The van der Waals surface area contributed by atoms with Gasteiger partial charge in [-0.3, -0.25) is 9.80 Å². The largest absolute Gasteiger partial charge is 0.493 e. The van der Waals surface area contributed by atoms with Crippen molar-refractivity contribution in [2.45, 2.75) is 37.8 Å². The molecule has 4 aliphatic rings. The molecule has 6 bridgehead atoms. The van der Waals surface area contributed by atoms with Gasteiger partial charge >= 0.3 is 0 Å². The normalized spacial score (nSPS) is 18.8. The van der Waals surface area contributed by atoms with Crippen molar-refractivity contribution in [3.63, 3.8) is 0 Å². The Kier molecular flexibility index (Phi) is 8.74. The molecule has 4 aliphatic heterocycles. The van der Waals surface area contributed by atoms with Gasteiger partial charge in [0.2, 0.25) is 11.5 Å².